The fourth-order valence-corrected chi connectivity index (χ4v) is 3.76. The van der Waals surface area contributed by atoms with Crippen LogP contribution in [-0.2, 0) is 0 Å². The molecule has 1 aromatic carbocycles. The molecule has 3 atom stereocenters. The quantitative estimate of drug-likeness (QED) is 0.895. The molecule has 0 aliphatic carbocycles. The molecule has 2 rings (SSSR count). The van der Waals surface area contributed by atoms with Gasteiger partial charge in [0, 0.05) is 29.6 Å². The standard InChI is InChI=1S/C16H26BrN3/c1-12(18)16(14-5-4-6-15(17)9-14)20(3)11-13-7-8-19(2)10-13/h4-6,9,12-13,16H,7-8,10-11,18H2,1-3H3. The van der Waals surface area contributed by atoms with Crippen molar-refractivity contribution in [3.63, 3.8) is 0 Å². The Morgan fingerprint density at radius 1 is 1.50 bits per heavy atom. The Morgan fingerprint density at radius 2 is 2.25 bits per heavy atom. The van der Waals surface area contributed by atoms with Gasteiger partial charge < -0.3 is 10.6 Å². The van der Waals surface area contributed by atoms with E-state index in [0.29, 0.717) is 0 Å². The van der Waals surface area contributed by atoms with E-state index in [0.717, 1.165) is 16.9 Å². The van der Waals surface area contributed by atoms with E-state index in [1.807, 2.05) is 0 Å². The number of hydrogen-bond donors (Lipinski definition) is 1. The zero-order valence-corrected chi connectivity index (χ0v) is 14.3. The summed E-state index contributed by atoms with van der Waals surface area (Å²) in [5, 5.41) is 0. The SMILES string of the molecule is CC(N)C(c1cccc(Br)c1)N(C)CC1CCN(C)C1. The van der Waals surface area contributed by atoms with Crippen LogP contribution in [0.1, 0.15) is 24.9 Å². The first-order valence-corrected chi connectivity index (χ1v) is 8.16. The van der Waals surface area contributed by atoms with Crippen molar-refractivity contribution < 1.29 is 0 Å². The van der Waals surface area contributed by atoms with Crippen molar-refractivity contribution in [1.29, 1.82) is 0 Å². The highest BCUT2D eigenvalue weighted by Gasteiger charge is 2.26. The van der Waals surface area contributed by atoms with Crippen LogP contribution in [0, 0.1) is 5.92 Å². The van der Waals surface area contributed by atoms with Gasteiger partial charge in [0.2, 0.25) is 0 Å². The molecule has 0 spiro atoms. The average Bonchev–Trinajstić information content (AvgIpc) is 2.74. The van der Waals surface area contributed by atoms with Crippen molar-refractivity contribution in [2.75, 3.05) is 33.7 Å². The van der Waals surface area contributed by atoms with E-state index in [4.69, 9.17) is 5.73 Å². The van der Waals surface area contributed by atoms with Crippen LogP contribution < -0.4 is 5.73 Å². The number of rotatable bonds is 5. The van der Waals surface area contributed by atoms with Gasteiger partial charge in [0.1, 0.15) is 0 Å². The summed E-state index contributed by atoms with van der Waals surface area (Å²) in [6, 6.07) is 8.91. The third kappa shape index (κ3) is 4.04. The number of benzene rings is 1. The number of nitrogens with two attached hydrogens (primary N) is 1. The fourth-order valence-electron chi connectivity index (χ4n) is 3.35. The average molecular weight is 340 g/mol. The molecular weight excluding hydrogens is 314 g/mol. The number of hydrogen-bond acceptors (Lipinski definition) is 3. The zero-order chi connectivity index (χ0) is 14.7. The minimum absolute atomic E-state index is 0.119. The minimum atomic E-state index is 0.119. The van der Waals surface area contributed by atoms with Crippen LogP contribution in [0.15, 0.2) is 28.7 Å². The Kier molecular flexibility index (Phi) is 5.61. The van der Waals surface area contributed by atoms with Gasteiger partial charge in [-0.05, 0) is 57.6 Å². The minimum Gasteiger partial charge on any atom is -0.326 e. The third-order valence-corrected chi connectivity index (χ3v) is 4.69. The second kappa shape index (κ2) is 7.03. The van der Waals surface area contributed by atoms with Crippen LogP contribution in [0.3, 0.4) is 0 Å². The summed E-state index contributed by atoms with van der Waals surface area (Å²) in [5.74, 6) is 0.762. The molecule has 112 valence electrons. The molecule has 1 heterocycles. The number of likely N-dealkylation sites (N-methyl/N-ethyl adjacent to an activating group) is 1. The smallest absolute Gasteiger partial charge is 0.0494 e. The summed E-state index contributed by atoms with van der Waals surface area (Å²) in [7, 11) is 4.41. The number of likely N-dealkylation sites (tertiary alicyclic amines) is 1. The zero-order valence-electron chi connectivity index (χ0n) is 12.7. The van der Waals surface area contributed by atoms with Crippen LogP contribution in [-0.4, -0.2) is 49.6 Å². The molecule has 20 heavy (non-hydrogen) atoms. The van der Waals surface area contributed by atoms with E-state index in [1.165, 1.54) is 25.1 Å². The van der Waals surface area contributed by atoms with Gasteiger partial charge >= 0.3 is 0 Å². The Morgan fingerprint density at radius 3 is 2.80 bits per heavy atom. The maximum absolute atomic E-state index is 6.25. The number of halogens is 1. The lowest BCUT2D eigenvalue weighted by Crippen LogP contribution is -2.40. The van der Waals surface area contributed by atoms with E-state index in [1.54, 1.807) is 0 Å². The van der Waals surface area contributed by atoms with Crippen LogP contribution >= 0.6 is 15.9 Å². The Hall–Kier alpha value is -0.420. The molecular formula is C16H26BrN3. The summed E-state index contributed by atoms with van der Waals surface area (Å²) in [5.41, 5.74) is 7.55. The molecule has 0 bridgehead atoms. The Bertz CT molecular complexity index is 435. The van der Waals surface area contributed by atoms with Crippen LogP contribution in [0.2, 0.25) is 0 Å². The Labute approximate surface area is 131 Å². The maximum atomic E-state index is 6.25. The third-order valence-electron chi connectivity index (χ3n) is 4.20. The summed E-state index contributed by atoms with van der Waals surface area (Å²) < 4.78 is 1.12. The van der Waals surface area contributed by atoms with Gasteiger partial charge in [0.05, 0.1) is 0 Å². The highest BCUT2D eigenvalue weighted by molar-refractivity contribution is 9.10. The summed E-state index contributed by atoms with van der Waals surface area (Å²) in [6.07, 6.45) is 1.30. The van der Waals surface area contributed by atoms with Crippen molar-refractivity contribution in [1.82, 2.24) is 9.80 Å². The molecule has 3 unspecified atom stereocenters. The van der Waals surface area contributed by atoms with Crippen molar-refractivity contribution in [3.8, 4) is 0 Å². The molecule has 0 aromatic heterocycles. The van der Waals surface area contributed by atoms with Gasteiger partial charge in [-0.15, -0.1) is 0 Å². The van der Waals surface area contributed by atoms with Gasteiger partial charge in [0.25, 0.3) is 0 Å². The van der Waals surface area contributed by atoms with Gasteiger partial charge in [0.15, 0.2) is 0 Å². The summed E-state index contributed by atoms with van der Waals surface area (Å²) in [6.45, 7) is 5.64. The van der Waals surface area contributed by atoms with E-state index in [2.05, 4.69) is 71.0 Å². The first-order chi connectivity index (χ1) is 9.47. The van der Waals surface area contributed by atoms with Gasteiger partial charge in [-0.3, -0.25) is 4.90 Å². The first kappa shape index (κ1) is 16.0. The molecule has 1 fully saturated rings. The molecule has 2 N–H and O–H groups in total. The van der Waals surface area contributed by atoms with Gasteiger partial charge in [-0.1, -0.05) is 28.1 Å². The van der Waals surface area contributed by atoms with Crippen LogP contribution in [0.4, 0.5) is 0 Å². The van der Waals surface area contributed by atoms with Crippen LogP contribution in [0.5, 0.6) is 0 Å². The monoisotopic (exact) mass is 339 g/mol. The molecule has 3 nitrogen and oxygen atoms in total. The lowest BCUT2D eigenvalue weighted by molar-refractivity contribution is 0.187. The molecule has 4 heteroatoms. The van der Waals surface area contributed by atoms with E-state index in [9.17, 15) is 0 Å². The number of nitrogens with zero attached hydrogens (tertiary/aromatic N) is 2. The molecule has 1 aromatic rings. The fraction of sp³-hybridized carbons (Fsp3) is 0.625. The van der Waals surface area contributed by atoms with Gasteiger partial charge in [-0.25, -0.2) is 0 Å². The largest absolute Gasteiger partial charge is 0.326 e. The predicted molar refractivity (Wildman–Crippen MR) is 88.8 cm³/mol. The molecule has 1 saturated heterocycles. The van der Waals surface area contributed by atoms with E-state index in [-0.39, 0.29) is 12.1 Å². The highest BCUT2D eigenvalue weighted by Crippen LogP contribution is 2.27. The van der Waals surface area contributed by atoms with Crippen LogP contribution in [0.25, 0.3) is 0 Å². The predicted octanol–water partition coefficient (Wildman–Crippen LogP) is 2.72. The van der Waals surface area contributed by atoms with Crippen molar-refractivity contribution in [3.05, 3.63) is 34.3 Å². The molecule has 0 radical (unpaired) electrons. The lowest BCUT2D eigenvalue weighted by atomic mass is 9.98. The van der Waals surface area contributed by atoms with Crippen molar-refractivity contribution in [2.45, 2.75) is 25.4 Å². The maximum Gasteiger partial charge on any atom is 0.0494 e. The molecule has 1 aliphatic heterocycles. The topological polar surface area (TPSA) is 32.5 Å². The molecule has 0 amide bonds. The molecule has 1 aliphatic rings. The summed E-state index contributed by atoms with van der Waals surface area (Å²) >= 11 is 3.56. The van der Waals surface area contributed by atoms with E-state index >= 15 is 0 Å². The Balaban J connectivity index is 2.08. The normalized spacial score (nSPS) is 23.2. The van der Waals surface area contributed by atoms with Gasteiger partial charge in [-0.2, -0.15) is 0 Å². The lowest BCUT2D eigenvalue weighted by Gasteiger charge is -2.33. The van der Waals surface area contributed by atoms with Crippen molar-refractivity contribution in [2.24, 2.45) is 11.7 Å². The van der Waals surface area contributed by atoms with Crippen molar-refractivity contribution >= 4 is 15.9 Å². The van der Waals surface area contributed by atoms with E-state index < -0.39 is 0 Å². The summed E-state index contributed by atoms with van der Waals surface area (Å²) in [4.78, 5) is 4.84. The highest BCUT2D eigenvalue weighted by atomic mass is 79.9. The second-order valence-electron chi connectivity index (χ2n) is 6.22. The second-order valence-corrected chi connectivity index (χ2v) is 7.13. The first-order valence-electron chi connectivity index (χ1n) is 7.37. The molecule has 0 saturated carbocycles.